The molecule has 0 aliphatic carbocycles. The first-order valence-corrected chi connectivity index (χ1v) is 8.05. The van der Waals surface area contributed by atoms with Crippen LogP contribution in [0, 0.1) is 17.2 Å². The van der Waals surface area contributed by atoms with Crippen LogP contribution >= 0.6 is 0 Å². The van der Waals surface area contributed by atoms with Gasteiger partial charge in [0, 0.05) is 33.0 Å². The van der Waals surface area contributed by atoms with Gasteiger partial charge in [-0.1, -0.05) is 5.16 Å². The first kappa shape index (κ1) is 16.3. The molecule has 1 saturated heterocycles. The van der Waals surface area contributed by atoms with Gasteiger partial charge in [0.05, 0.1) is 12.8 Å². The van der Waals surface area contributed by atoms with Gasteiger partial charge in [-0.25, -0.2) is 9.97 Å². The van der Waals surface area contributed by atoms with Gasteiger partial charge in [-0.3, -0.25) is 0 Å². The van der Waals surface area contributed by atoms with Crippen LogP contribution in [0.5, 0.6) is 0 Å². The summed E-state index contributed by atoms with van der Waals surface area (Å²) in [6.45, 7) is 2.32. The molecule has 0 saturated carbocycles. The molecule has 0 aromatic carbocycles. The second-order valence-electron chi connectivity index (χ2n) is 5.85. The highest BCUT2D eigenvalue weighted by molar-refractivity contribution is 5.52. The number of aromatic nitrogens is 4. The van der Waals surface area contributed by atoms with E-state index in [0.717, 1.165) is 38.2 Å². The van der Waals surface area contributed by atoms with Crippen molar-refractivity contribution in [3.05, 3.63) is 29.8 Å². The molecule has 0 spiro atoms. The van der Waals surface area contributed by atoms with Crippen LogP contribution in [0.3, 0.4) is 0 Å². The number of hydrogen-bond donors (Lipinski definition) is 0. The van der Waals surface area contributed by atoms with Crippen molar-refractivity contribution >= 4 is 5.82 Å². The molecular formula is C16H20N6O2. The summed E-state index contributed by atoms with van der Waals surface area (Å²) >= 11 is 0. The normalized spacial score (nSPS) is 15.4. The van der Waals surface area contributed by atoms with Crippen LogP contribution in [-0.4, -0.2) is 46.9 Å². The third kappa shape index (κ3) is 3.86. The average Bonchev–Trinajstić information content (AvgIpc) is 3.08. The van der Waals surface area contributed by atoms with E-state index < -0.39 is 0 Å². The number of ether oxygens (including phenoxy) is 1. The Kier molecular flexibility index (Phi) is 5.33. The van der Waals surface area contributed by atoms with Gasteiger partial charge in [-0.05, 0) is 18.8 Å². The van der Waals surface area contributed by atoms with E-state index in [4.69, 9.17) is 14.5 Å². The Morgan fingerprint density at radius 2 is 2.25 bits per heavy atom. The maximum absolute atomic E-state index is 9.17. The SMILES string of the molecule is COCCc1noc(CC2CCN(c3ncncc3C#N)CC2)n1. The van der Waals surface area contributed by atoms with E-state index in [9.17, 15) is 0 Å². The molecule has 2 aromatic heterocycles. The topological polar surface area (TPSA) is 101 Å². The van der Waals surface area contributed by atoms with Crippen LogP contribution in [0.15, 0.2) is 17.0 Å². The third-order valence-corrected chi connectivity index (χ3v) is 4.23. The third-order valence-electron chi connectivity index (χ3n) is 4.23. The second-order valence-corrected chi connectivity index (χ2v) is 5.85. The average molecular weight is 328 g/mol. The molecule has 8 heteroatoms. The largest absolute Gasteiger partial charge is 0.384 e. The van der Waals surface area contributed by atoms with Crippen LogP contribution in [0.2, 0.25) is 0 Å². The quantitative estimate of drug-likeness (QED) is 0.784. The summed E-state index contributed by atoms with van der Waals surface area (Å²) in [6.07, 6.45) is 6.53. The number of nitrogens with zero attached hydrogens (tertiary/aromatic N) is 6. The van der Waals surface area contributed by atoms with Gasteiger partial charge in [-0.15, -0.1) is 0 Å². The predicted octanol–water partition coefficient (Wildman–Crippen LogP) is 1.38. The lowest BCUT2D eigenvalue weighted by atomic mass is 9.93. The van der Waals surface area contributed by atoms with E-state index in [-0.39, 0.29) is 0 Å². The maximum atomic E-state index is 9.17. The van der Waals surface area contributed by atoms with E-state index in [1.807, 2.05) is 0 Å². The molecule has 2 aromatic rings. The lowest BCUT2D eigenvalue weighted by molar-refractivity contribution is 0.199. The highest BCUT2D eigenvalue weighted by Gasteiger charge is 2.24. The molecule has 126 valence electrons. The molecule has 1 aliphatic rings. The van der Waals surface area contributed by atoms with E-state index in [0.29, 0.717) is 36.2 Å². The standard InChI is InChI=1S/C16H20N6O2/c1-23-7-4-14-20-15(24-21-14)8-12-2-5-22(6-3-12)16-13(9-17)10-18-11-19-16/h10-12H,2-8H2,1H3. The first-order chi connectivity index (χ1) is 11.8. The van der Waals surface area contributed by atoms with Crippen molar-refractivity contribution in [1.29, 1.82) is 5.26 Å². The predicted molar refractivity (Wildman–Crippen MR) is 85.3 cm³/mol. The van der Waals surface area contributed by atoms with Crippen molar-refractivity contribution in [2.24, 2.45) is 5.92 Å². The molecule has 1 aliphatic heterocycles. The Bertz CT molecular complexity index is 703. The monoisotopic (exact) mass is 328 g/mol. The van der Waals surface area contributed by atoms with Crippen molar-refractivity contribution in [2.45, 2.75) is 25.7 Å². The Labute approximate surface area is 140 Å². The molecule has 0 atom stereocenters. The van der Waals surface area contributed by atoms with Gasteiger partial charge in [0.15, 0.2) is 5.82 Å². The maximum Gasteiger partial charge on any atom is 0.226 e. The Hall–Kier alpha value is -2.53. The van der Waals surface area contributed by atoms with Gasteiger partial charge in [0.25, 0.3) is 0 Å². The molecule has 3 rings (SSSR count). The molecule has 3 heterocycles. The van der Waals surface area contributed by atoms with Gasteiger partial charge in [0.2, 0.25) is 5.89 Å². The van der Waals surface area contributed by atoms with Crippen molar-refractivity contribution in [1.82, 2.24) is 20.1 Å². The number of rotatable bonds is 6. The Balaban J connectivity index is 1.54. The van der Waals surface area contributed by atoms with Gasteiger partial charge >= 0.3 is 0 Å². The Morgan fingerprint density at radius 3 is 3.00 bits per heavy atom. The molecule has 1 fully saturated rings. The minimum atomic E-state index is 0.504. The summed E-state index contributed by atoms with van der Waals surface area (Å²) in [5.74, 6) is 2.62. The summed E-state index contributed by atoms with van der Waals surface area (Å²) < 4.78 is 10.3. The fourth-order valence-corrected chi connectivity index (χ4v) is 2.92. The summed E-state index contributed by atoms with van der Waals surface area (Å²) in [6, 6.07) is 2.15. The Morgan fingerprint density at radius 1 is 1.42 bits per heavy atom. The lowest BCUT2D eigenvalue weighted by Crippen LogP contribution is -2.35. The highest BCUT2D eigenvalue weighted by atomic mass is 16.5. The van der Waals surface area contributed by atoms with Crippen LogP contribution in [0.1, 0.15) is 30.1 Å². The molecule has 24 heavy (non-hydrogen) atoms. The summed E-state index contributed by atoms with van der Waals surface area (Å²) in [5, 5.41) is 13.1. The van der Waals surface area contributed by atoms with Crippen LogP contribution in [-0.2, 0) is 17.6 Å². The molecule has 0 N–H and O–H groups in total. The van der Waals surface area contributed by atoms with E-state index in [2.05, 4.69) is 31.1 Å². The van der Waals surface area contributed by atoms with Crippen molar-refractivity contribution < 1.29 is 9.26 Å². The van der Waals surface area contributed by atoms with Crippen molar-refractivity contribution in [3.8, 4) is 6.07 Å². The number of piperidine rings is 1. The summed E-state index contributed by atoms with van der Waals surface area (Å²) in [7, 11) is 1.66. The molecule has 0 amide bonds. The highest BCUT2D eigenvalue weighted by Crippen LogP contribution is 2.25. The van der Waals surface area contributed by atoms with Gasteiger partial charge in [0.1, 0.15) is 23.8 Å². The van der Waals surface area contributed by atoms with Crippen molar-refractivity contribution in [3.63, 3.8) is 0 Å². The van der Waals surface area contributed by atoms with Gasteiger partial charge < -0.3 is 14.2 Å². The second kappa shape index (κ2) is 7.84. The minimum Gasteiger partial charge on any atom is -0.384 e. The van der Waals surface area contributed by atoms with Crippen LogP contribution < -0.4 is 4.90 Å². The first-order valence-electron chi connectivity index (χ1n) is 8.05. The van der Waals surface area contributed by atoms with E-state index in [1.165, 1.54) is 6.33 Å². The van der Waals surface area contributed by atoms with E-state index in [1.54, 1.807) is 13.3 Å². The zero-order chi connectivity index (χ0) is 16.8. The summed E-state index contributed by atoms with van der Waals surface area (Å²) in [4.78, 5) is 14.7. The fraction of sp³-hybridized carbons (Fsp3) is 0.562. The molecule has 0 unspecified atom stereocenters. The summed E-state index contributed by atoms with van der Waals surface area (Å²) in [5.41, 5.74) is 0.524. The lowest BCUT2D eigenvalue weighted by Gasteiger charge is -2.32. The van der Waals surface area contributed by atoms with Crippen molar-refractivity contribution in [2.75, 3.05) is 31.7 Å². The smallest absolute Gasteiger partial charge is 0.226 e. The molecule has 8 nitrogen and oxygen atoms in total. The van der Waals surface area contributed by atoms with Crippen LogP contribution in [0.25, 0.3) is 0 Å². The number of methoxy groups -OCH3 is 1. The minimum absolute atomic E-state index is 0.504. The molecule has 0 radical (unpaired) electrons. The molecular weight excluding hydrogens is 308 g/mol. The zero-order valence-corrected chi connectivity index (χ0v) is 13.7. The zero-order valence-electron chi connectivity index (χ0n) is 13.7. The van der Waals surface area contributed by atoms with Gasteiger partial charge in [-0.2, -0.15) is 10.2 Å². The number of anilines is 1. The molecule has 0 bridgehead atoms. The van der Waals surface area contributed by atoms with E-state index >= 15 is 0 Å². The number of nitriles is 1. The number of hydrogen-bond acceptors (Lipinski definition) is 8. The van der Waals surface area contributed by atoms with Crippen LogP contribution in [0.4, 0.5) is 5.82 Å². The fourth-order valence-electron chi connectivity index (χ4n) is 2.92.